The quantitative estimate of drug-likeness (QED) is 0.563. The molecule has 1 aliphatic rings. The summed E-state index contributed by atoms with van der Waals surface area (Å²) in [6.07, 6.45) is 5.80. The largest absolute Gasteiger partial charge is 0.299 e. The van der Waals surface area contributed by atoms with Crippen LogP contribution in [0, 0.1) is 0 Å². The molecule has 126 valence electrons. The van der Waals surface area contributed by atoms with Crippen LogP contribution in [-0.2, 0) is 11.3 Å². The van der Waals surface area contributed by atoms with Gasteiger partial charge >= 0.3 is 0 Å². The Morgan fingerprint density at radius 1 is 0.875 bits per heavy atom. The van der Waals surface area contributed by atoms with Gasteiger partial charge in [0, 0.05) is 24.2 Å². The van der Waals surface area contributed by atoms with E-state index in [1.807, 2.05) is 42.5 Å². The number of hydrogen-bond acceptors (Lipinski definition) is 3. The summed E-state index contributed by atoms with van der Waals surface area (Å²) in [5.74, 6) is 0.0792. The Morgan fingerprint density at radius 3 is 2.25 bits per heavy atom. The predicted octanol–water partition coefficient (Wildman–Crippen LogP) is 4.27. The van der Waals surface area contributed by atoms with Crippen LogP contribution in [0.25, 0.3) is 0 Å². The topological polar surface area (TPSA) is 29.5 Å². The molecule has 0 bridgehead atoms. The Hall–Kier alpha value is -1.97. The van der Waals surface area contributed by atoms with Crippen molar-refractivity contribution in [1.29, 1.82) is 0 Å². The highest BCUT2D eigenvalue weighted by atomic mass is 16.7. The van der Waals surface area contributed by atoms with Gasteiger partial charge in [-0.2, -0.15) is 5.06 Å². The summed E-state index contributed by atoms with van der Waals surface area (Å²) in [5, 5.41) is 2.10. The number of hydrogen-bond donors (Lipinski definition) is 0. The molecule has 2 aromatic rings. The predicted molar refractivity (Wildman–Crippen MR) is 96.0 cm³/mol. The van der Waals surface area contributed by atoms with Crippen molar-refractivity contribution in [1.82, 2.24) is 5.06 Å². The number of carbonyl (C=O) groups excluding carboxylic acids is 1. The van der Waals surface area contributed by atoms with Gasteiger partial charge in [0.1, 0.15) is 0 Å². The van der Waals surface area contributed by atoms with E-state index in [0.717, 1.165) is 43.7 Å². The van der Waals surface area contributed by atoms with E-state index in [9.17, 15) is 4.79 Å². The Balaban J connectivity index is 1.45. The highest BCUT2D eigenvalue weighted by Crippen LogP contribution is 2.13. The molecule has 1 fully saturated rings. The van der Waals surface area contributed by atoms with E-state index in [-0.39, 0.29) is 5.78 Å². The Bertz CT molecular complexity index is 631. The van der Waals surface area contributed by atoms with Crippen molar-refractivity contribution in [3.8, 4) is 0 Å². The van der Waals surface area contributed by atoms with E-state index in [0.29, 0.717) is 0 Å². The highest BCUT2D eigenvalue weighted by molar-refractivity contribution is 6.08. The molecule has 0 saturated carbocycles. The minimum atomic E-state index is 0.0792. The van der Waals surface area contributed by atoms with Crippen LogP contribution in [0.1, 0.15) is 47.2 Å². The van der Waals surface area contributed by atoms with Gasteiger partial charge in [0.05, 0.1) is 6.61 Å². The van der Waals surface area contributed by atoms with Gasteiger partial charge in [0.25, 0.3) is 0 Å². The van der Waals surface area contributed by atoms with E-state index in [2.05, 4.69) is 17.2 Å². The molecule has 3 rings (SSSR count). The van der Waals surface area contributed by atoms with Gasteiger partial charge in [0.2, 0.25) is 0 Å². The Morgan fingerprint density at radius 2 is 1.54 bits per heavy atom. The molecule has 0 amide bonds. The standard InChI is InChI=1S/C21H25NO2/c23-21(19-9-3-1-4-10-19)20-13-11-18(12-14-20)8-7-17-24-22-15-5-2-6-16-22/h1,3-4,9-14H,2,5-8,15-17H2. The van der Waals surface area contributed by atoms with E-state index in [1.165, 1.54) is 24.8 Å². The molecule has 1 aliphatic heterocycles. The molecule has 0 radical (unpaired) electrons. The van der Waals surface area contributed by atoms with Crippen molar-refractivity contribution < 1.29 is 9.63 Å². The first kappa shape index (κ1) is 16.9. The number of carbonyl (C=O) groups is 1. The summed E-state index contributed by atoms with van der Waals surface area (Å²) in [6.45, 7) is 2.90. The number of piperidine rings is 1. The summed E-state index contributed by atoms with van der Waals surface area (Å²) in [7, 11) is 0. The average Bonchev–Trinajstić information content (AvgIpc) is 2.67. The summed E-state index contributed by atoms with van der Waals surface area (Å²) in [5.41, 5.74) is 2.73. The molecule has 24 heavy (non-hydrogen) atoms. The second-order valence-electron chi connectivity index (χ2n) is 6.32. The lowest BCUT2D eigenvalue weighted by molar-refractivity contribution is -0.168. The maximum Gasteiger partial charge on any atom is 0.193 e. The summed E-state index contributed by atoms with van der Waals surface area (Å²) >= 11 is 0. The van der Waals surface area contributed by atoms with Crippen LogP contribution < -0.4 is 0 Å². The third kappa shape index (κ3) is 4.76. The maximum atomic E-state index is 12.4. The lowest BCUT2D eigenvalue weighted by Crippen LogP contribution is -2.30. The molecule has 3 nitrogen and oxygen atoms in total. The molecule has 1 saturated heterocycles. The van der Waals surface area contributed by atoms with Gasteiger partial charge in [0.15, 0.2) is 5.78 Å². The van der Waals surface area contributed by atoms with Crippen molar-refractivity contribution in [2.24, 2.45) is 0 Å². The van der Waals surface area contributed by atoms with Crippen molar-refractivity contribution in [2.45, 2.75) is 32.1 Å². The number of aryl methyl sites for hydroxylation is 1. The molecular weight excluding hydrogens is 298 g/mol. The zero-order chi connectivity index (χ0) is 16.6. The van der Waals surface area contributed by atoms with Crippen LogP contribution in [0.15, 0.2) is 54.6 Å². The average molecular weight is 323 g/mol. The molecule has 1 heterocycles. The van der Waals surface area contributed by atoms with Crippen molar-refractivity contribution in [2.75, 3.05) is 19.7 Å². The summed E-state index contributed by atoms with van der Waals surface area (Å²) in [4.78, 5) is 18.2. The lowest BCUT2D eigenvalue weighted by atomic mass is 10.0. The van der Waals surface area contributed by atoms with E-state index >= 15 is 0 Å². The van der Waals surface area contributed by atoms with Crippen LogP contribution in [0.2, 0.25) is 0 Å². The maximum absolute atomic E-state index is 12.4. The zero-order valence-electron chi connectivity index (χ0n) is 14.1. The summed E-state index contributed by atoms with van der Waals surface area (Å²) < 4.78 is 0. The minimum Gasteiger partial charge on any atom is -0.299 e. The number of nitrogens with zero attached hydrogens (tertiary/aromatic N) is 1. The number of benzene rings is 2. The van der Waals surface area contributed by atoms with Crippen LogP contribution in [-0.4, -0.2) is 30.5 Å². The van der Waals surface area contributed by atoms with Crippen molar-refractivity contribution in [3.63, 3.8) is 0 Å². The first-order valence-corrected chi connectivity index (χ1v) is 8.89. The molecule has 0 unspecified atom stereocenters. The van der Waals surface area contributed by atoms with E-state index in [4.69, 9.17) is 4.84 Å². The van der Waals surface area contributed by atoms with E-state index < -0.39 is 0 Å². The SMILES string of the molecule is O=C(c1ccccc1)c1ccc(CCCON2CCCCC2)cc1. The van der Waals surface area contributed by atoms with Gasteiger partial charge in [-0.15, -0.1) is 0 Å². The van der Waals surface area contributed by atoms with Crippen LogP contribution in [0.4, 0.5) is 0 Å². The molecular formula is C21H25NO2. The molecule has 0 spiro atoms. The lowest BCUT2D eigenvalue weighted by Gasteiger charge is -2.25. The van der Waals surface area contributed by atoms with Crippen LogP contribution in [0.3, 0.4) is 0 Å². The normalized spacial score (nSPS) is 15.3. The fourth-order valence-corrected chi connectivity index (χ4v) is 3.04. The molecule has 0 N–H and O–H groups in total. The smallest absolute Gasteiger partial charge is 0.193 e. The monoisotopic (exact) mass is 323 g/mol. The Labute approximate surface area is 144 Å². The minimum absolute atomic E-state index is 0.0792. The Kier molecular flexibility index (Phi) is 6.16. The van der Waals surface area contributed by atoms with Crippen molar-refractivity contribution in [3.05, 3.63) is 71.3 Å². The molecule has 2 aromatic carbocycles. The highest BCUT2D eigenvalue weighted by Gasteiger charge is 2.10. The van der Waals surface area contributed by atoms with Gasteiger partial charge in [-0.05, 0) is 31.2 Å². The number of ketones is 1. The van der Waals surface area contributed by atoms with Crippen LogP contribution in [0.5, 0.6) is 0 Å². The van der Waals surface area contributed by atoms with Crippen molar-refractivity contribution >= 4 is 5.78 Å². The second kappa shape index (κ2) is 8.76. The molecule has 3 heteroatoms. The first-order valence-electron chi connectivity index (χ1n) is 8.89. The third-order valence-corrected chi connectivity index (χ3v) is 4.45. The summed E-state index contributed by atoms with van der Waals surface area (Å²) in [6, 6.07) is 17.4. The first-order chi connectivity index (χ1) is 11.8. The molecule has 0 atom stereocenters. The third-order valence-electron chi connectivity index (χ3n) is 4.45. The van der Waals surface area contributed by atoms with E-state index in [1.54, 1.807) is 0 Å². The van der Waals surface area contributed by atoms with Gasteiger partial charge < -0.3 is 0 Å². The van der Waals surface area contributed by atoms with Crippen LogP contribution >= 0.6 is 0 Å². The fourth-order valence-electron chi connectivity index (χ4n) is 3.04. The molecule has 0 aromatic heterocycles. The van der Waals surface area contributed by atoms with Gasteiger partial charge in [-0.1, -0.05) is 61.0 Å². The fraction of sp³-hybridized carbons (Fsp3) is 0.381. The zero-order valence-corrected chi connectivity index (χ0v) is 14.1. The van der Waals surface area contributed by atoms with Gasteiger partial charge in [-0.25, -0.2) is 0 Å². The second-order valence-corrected chi connectivity index (χ2v) is 6.32. The number of hydroxylamine groups is 2. The van der Waals surface area contributed by atoms with Gasteiger partial charge in [-0.3, -0.25) is 9.63 Å². The molecule has 0 aliphatic carbocycles. The number of rotatable bonds is 7.